The molecule has 1 aliphatic carbocycles. The number of sulfonamides is 1. The molecule has 0 radical (unpaired) electrons. The maximum absolute atomic E-state index is 12.4. The summed E-state index contributed by atoms with van der Waals surface area (Å²) < 4.78 is 32.3. The van der Waals surface area contributed by atoms with Gasteiger partial charge in [-0.05, 0) is 43.9 Å². The summed E-state index contributed by atoms with van der Waals surface area (Å²) >= 11 is 0. The first kappa shape index (κ1) is 18.8. The molecule has 1 saturated heterocycles. The average Bonchev–Trinajstić information content (AvgIpc) is 3.17. The van der Waals surface area contributed by atoms with Crippen LogP contribution in [0.15, 0.2) is 24.3 Å². The van der Waals surface area contributed by atoms with Crippen LogP contribution in [0.3, 0.4) is 0 Å². The minimum absolute atomic E-state index is 0.189. The summed E-state index contributed by atoms with van der Waals surface area (Å²) in [6.07, 6.45) is 4.98. The number of anilines is 1. The molecule has 1 atom stereocenters. The lowest BCUT2D eigenvalue weighted by atomic mass is 10.0. The van der Waals surface area contributed by atoms with Crippen LogP contribution in [0.25, 0.3) is 0 Å². The molecule has 1 aromatic rings. The minimum Gasteiger partial charge on any atom is -0.368 e. The summed E-state index contributed by atoms with van der Waals surface area (Å²) in [6, 6.07) is 6.25. The number of ether oxygens (including phenoxy) is 1. The molecule has 2 amide bonds. The van der Waals surface area contributed by atoms with Gasteiger partial charge in [-0.2, -0.15) is 0 Å². The summed E-state index contributed by atoms with van der Waals surface area (Å²) in [5.41, 5.74) is 0.628. The zero-order valence-corrected chi connectivity index (χ0v) is 15.4. The molecule has 0 spiro atoms. The van der Waals surface area contributed by atoms with Crippen LogP contribution in [0, 0.1) is 0 Å². The molecule has 2 N–H and O–H groups in total. The first-order chi connectivity index (χ1) is 12.5. The van der Waals surface area contributed by atoms with E-state index in [0.717, 1.165) is 25.7 Å². The first-order valence-electron chi connectivity index (χ1n) is 9.04. The Morgan fingerprint density at radius 2 is 1.81 bits per heavy atom. The lowest BCUT2D eigenvalue weighted by Crippen LogP contribution is -2.39. The molecule has 3 rings (SSSR count). The van der Waals surface area contributed by atoms with Crippen LogP contribution < -0.4 is 10.0 Å². The van der Waals surface area contributed by atoms with Crippen LogP contribution in [0.2, 0.25) is 0 Å². The maximum atomic E-state index is 12.4. The van der Waals surface area contributed by atoms with Crippen LogP contribution in [-0.2, 0) is 19.6 Å². The third-order valence-electron chi connectivity index (χ3n) is 4.84. The topological polar surface area (TPSA) is 102 Å². The van der Waals surface area contributed by atoms with Crippen molar-refractivity contribution in [2.24, 2.45) is 0 Å². The number of rotatable bonds is 5. The van der Waals surface area contributed by atoms with E-state index in [0.29, 0.717) is 31.6 Å². The molecular weight excluding hydrogens is 356 g/mol. The molecule has 1 aliphatic heterocycles. The first-order valence-corrected chi connectivity index (χ1v) is 10.6. The van der Waals surface area contributed by atoms with Gasteiger partial charge in [0, 0.05) is 17.9 Å². The molecule has 0 aromatic heterocycles. The second-order valence-corrected chi connectivity index (χ2v) is 8.77. The van der Waals surface area contributed by atoms with Crippen LogP contribution in [-0.4, -0.2) is 38.2 Å². The molecule has 0 bridgehead atoms. The van der Waals surface area contributed by atoms with E-state index in [9.17, 15) is 18.0 Å². The van der Waals surface area contributed by atoms with Gasteiger partial charge in [-0.1, -0.05) is 25.3 Å². The molecule has 26 heavy (non-hydrogen) atoms. The monoisotopic (exact) mass is 380 g/mol. The number of benzene rings is 1. The summed E-state index contributed by atoms with van der Waals surface area (Å²) in [5.74, 6) is -0.932. The van der Waals surface area contributed by atoms with Gasteiger partial charge < -0.3 is 10.1 Å². The Labute approximate surface area is 153 Å². The van der Waals surface area contributed by atoms with Crippen LogP contribution in [0.5, 0.6) is 0 Å². The highest BCUT2D eigenvalue weighted by molar-refractivity contribution is 7.90. The van der Waals surface area contributed by atoms with Crippen molar-refractivity contribution in [1.29, 1.82) is 0 Å². The van der Waals surface area contributed by atoms with E-state index in [1.165, 1.54) is 12.1 Å². The molecule has 2 aliphatic rings. The lowest BCUT2D eigenvalue weighted by molar-refractivity contribution is -0.124. The van der Waals surface area contributed by atoms with Gasteiger partial charge in [0.2, 0.25) is 10.0 Å². The fourth-order valence-electron chi connectivity index (χ4n) is 3.39. The molecule has 2 fully saturated rings. The Kier molecular flexibility index (Phi) is 5.93. The molecule has 142 valence electrons. The van der Waals surface area contributed by atoms with Crippen molar-refractivity contribution in [3.8, 4) is 0 Å². The minimum atomic E-state index is -3.69. The van der Waals surface area contributed by atoms with Crippen molar-refractivity contribution in [1.82, 2.24) is 4.72 Å². The standard InChI is InChI=1S/C18H24N2O5S/c21-17(20-26(23,24)15-8-2-1-3-9-15)13-6-4-7-14(12-13)19-18(22)16-10-5-11-25-16/h4,6-7,12,15-16H,1-3,5,8-11H2,(H,19,22)(H,20,21)/t16-/m1/s1. The number of hydrogen-bond donors (Lipinski definition) is 2. The van der Waals surface area contributed by atoms with Gasteiger partial charge in [-0.15, -0.1) is 0 Å². The van der Waals surface area contributed by atoms with E-state index in [1.807, 2.05) is 0 Å². The zero-order valence-electron chi connectivity index (χ0n) is 14.6. The Bertz CT molecular complexity index is 766. The van der Waals surface area contributed by atoms with Gasteiger partial charge >= 0.3 is 0 Å². The lowest BCUT2D eigenvalue weighted by Gasteiger charge is -2.21. The Balaban J connectivity index is 1.65. The van der Waals surface area contributed by atoms with Gasteiger partial charge in [0.25, 0.3) is 11.8 Å². The summed E-state index contributed by atoms with van der Waals surface area (Å²) in [4.78, 5) is 24.5. The average molecular weight is 380 g/mol. The van der Waals surface area contributed by atoms with E-state index in [4.69, 9.17) is 4.74 Å². The van der Waals surface area contributed by atoms with E-state index in [1.54, 1.807) is 12.1 Å². The third-order valence-corrected chi connectivity index (χ3v) is 6.66. The summed E-state index contributed by atoms with van der Waals surface area (Å²) in [7, 11) is -3.69. The predicted octanol–water partition coefficient (Wildman–Crippen LogP) is 2.20. The maximum Gasteiger partial charge on any atom is 0.264 e. The van der Waals surface area contributed by atoms with Crippen molar-refractivity contribution in [3.05, 3.63) is 29.8 Å². The molecule has 8 heteroatoms. The second kappa shape index (κ2) is 8.18. The third kappa shape index (κ3) is 4.62. The fourth-order valence-corrected chi connectivity index (χ4v) is 4.89. The molecule has 0 unspecified atom stereocenters. The number of amides is 2. The van der Waals surface area contributed by atoms with Gasteiger partial charge in [0.15, 0.2) is 0 Å². The van der Waals surface area contributed by atoms with Gasteiger partial charge in [-0.3, -0.25) is 9.59 Å². The van der Waals surface area contributed by atoms with Crippen LogP contribution >= 0.6 is 0 Å². The van der Waals surface area contributed by atoms with Crippen LogP contribution in [0.1, 0.15) is 55.3 Å². The van der Waals surface area contributed by atoms with Gasteiger partial charge in [0.05, 0.1) is 5.25 Å². The van der Waals surface area contributed by atoms with Crippen molar-refractivity contribution in [2.75, 3.05) is 11.9 Å². The number of carbonyl (C=O) groups is 2. The molecular formula is C18H24N2O5S. The van der Waals surface area contributed by atoms with Gasteiger partial charge in [0.1, 0.15) is 6.10 Å². The second-order valence-electron chi connectivity index (χ2n) is 6.81. The normalized spacial score (nSPS) is 21.3. The Hall–Kier alpha value is -1.93. The van der Waals surface area contributed by atoms with Crippen molar-refractivity contribution in [2.45, 2.75) is 56.3 Å². The van der Waals surface area contributed by atoms with E-state index < -0.39 is 27.3 Å². The van der Waals surface area contributed by atoms with E-state index in [-0.39, 0.29) is 11.5 Å². The molecule has 1 saturated carbocycles. The highest BCUT2D eigenvalue weighted by Crippen LogP contribution is 2.23. The Morgan fingerprint density at radius 1 is 1.04 bits per heavy atom. The molecule has 7 nitrogen and oxygen atoms in total. The number of carbonyl (C=O) groups excluding carboxylic acids is 2. The quantitative estimate of drug-likeness (QED) is 0.815. The highest BCUT2D eigenvalue weighted by Gasteiger charge is 2.29. The number of nitrogens with one attached hydrogen (secondary N) is 2. The van der Waals surface area contributed by atoms with Crippen molar-refractivity contribution in [3.63, 3.8) is 0 Å². The van der Waals surface area contributed by atoms with E-state index in [2.05, 4.69) is 10.0 Å². The predicted molar refractivity (Wildman–Crippen MR) is 97.3 cm³/mol. The van der Waals surface area contributed by atoms with Crippen molar-refractivity contribution < 1.29 is 22.7 Å². The molecule has 1 aromatic carbocycles. The van der Waals surface area contributed by atoms with Gasteiger partial charge in [-0.25, -0.2) is 13.1 Å². The van der Waals surface area contributed by atoms with Crippen molar-refractivity contribution >= 4 is 27.5 Å². The molecule has 1 heterocycles. The summed E-state index contributed by atoms with van der Waals surface area (Å²) in [6.45, 7) is 0.569. The SMILES string of the molecule is O=C(NS(=O)(=O)C1CCCCC1)c1cccc(NC(=O)[C@H]2CCCO2)c1. The smallest absolute Gasteiger partial charge is 0.264 e. The summed E-state index contributed by atoms with van der Waals surface area (Å²) in [5, 5.41) is 2.20. The largest absolute Gasteiger partial charge is 0.368 e. The van der Waals surface area contributed by atoms with E-state index >= 15 is 0 Å². The number of hydrogen-bond acceptors (Lipinski definition) is 5. The highest BCUT2D eigenvalue weighted by atomic mass is 32.2. The van der Waals surface area contributed by atoms with Crippen LogP contribution in [0.4, 0.5) is 5.69 Å². The zero-order chi connectivity index (χ0) is 18.6. The Morgan fingerprint density at radius 3 is 2.50 bits per heavy atom. The fraction of sp³-hybridized carbons (Fsp3) is 0.556.